The molecule has 0 aliphatic carbocycles. The van der Waals surface area contributed by atoms with Crippen molar-refractivity contribution in [3.05, 3.63) is 0 Å². The highest BCUT2D eigenvalue weighted by atomic mass is 16.2. The molecule has 12 heavy (non-hydrogen) atoms. The first-order valence-corrected chi connectivity index (χ1v) is 4.61. The lowest BCUT2D eigenvalue weighted by atomic mass is 10.1. The zero-order valence-corrected chi connectivity index (χ0v) is 7.18. The number of hydrogen-bond acceptors (Lipinski definition) is 3. The molecule has 0 bridgehead atoms. The molecule has 2 aliphatic rings. The van der Waals surface area contributed by atoms with E-state index in [1.165, 1.54) is 6.42 Å². The average Bonchev–Trinajstić information content (AvgIpc) is 2.65. The van der Waals surface area contributed by atoms with E-state index in [0.29, 0.717) is 12.3 Å². The third-order valence-electron chi connectivity index (χ3n) is 2.55. The lowest BCUT2D eigenvalue weighted by Crippen LogP contribution is -2.38. The zero-order chi connectivity index (χ0) is 8.39. The molecule has 2 saturated heterocycles. The van der Waals surface area contributed by atoms with Gasteiger partial charge in [-0.05, 0) is 25.4 Å². The van der Waals surface area contributed by atoms with E-state index >= 15 is 0 Å². The highest BCUT2D eigenvalue weighted by molar-refractivity contribution is 5.77. The Morgan fingerprint density at radius 2 is 2.42 bits per heavy atom. The third-order valence-corrected chi connectivity index (χ3v) is 2.55. The van der Waals surface area contributed by atoms with E-state index in [4.69, 9.17) is 0 Å². The van der Waals surface area contributed by atoms with Crippen LogP contribution in [0.3, 0.4) is 0 Å². The molecule has 4 nitrogen and oxygen atoms in total. The normalized spacial score (nSPS) is 30.2. The Kier molecular flexibility index (Phi) is 2.28. The summed E-state index contributed by atoms with van der Waals surface area (Å²) in [6.45, 7) is 3.86. The van der Waals surface area contributed by atoms with Gasteiger partial charge in [-0.25, -0.2) is 5.43 Å². The molecule has 2 heterocycles. The molecule has 2 aliphatic heterocycles. The zero-order valence-electron chi connectivity index (χ0n) is 7.18. The molecule has 2 fully saturated rings. The van der Waals surface area contributed by atoms with Gasteiger partial charge in [0.15, 0.2) is 0 Å². The molecule has 4 heteroatoms. The standard InChI is InChI=1S/C8H15N3O/c12-8-2-4-10-11(8)6-7-1-3-9-5-7/h7,9-10H,1-6H2. The van der Waals surface area contributed by atoms with E-state index < -0.39 is 0 Å². The van der Waals surface area contributed by atoms with E-state index in [0.717, 1.165) is 26.2 Å². The third kappa shape index (κ3) is 1.59. The van der Waals surface area contributed by atoms with Crippen molar-refractivity contribution in [3.8, 4) is 0 Å². The number of nitrogens with zero attached hydrogens (tertiary/aromatic N) is 1. The van der Waals surface area contributed by atoms with Crippen molar-refractivity contribution in [3.63, 3.8) is 0 Å². The molecular formula is C8H15N3O. The van der Waals surface area contributed by atoms with E-state index in [1.54, 1.807) is 5.01 Å². The maximum absolute atomic E-state index is 11.2. The van der Waals surface area contributed by atoms with Crippen LogP contribution in [0, 0.1) is 5.92 Å². The van der Waals surface area contributed by atoms with Gasteiger partial charge in [0.05, 0.1) is 0 Å². The van der Waals surface area contributed by atoms with Crippen LogP contribution < -0.4 is 10.7 Å². The Morgan fingerprint density at radius 3 is 3.00 bits per heavy atom. The van der Waals surface area contributed by atoms with Crippen LogP contribution in [0.4, 0.5) is 0 Å². The van der Waals surface area contributed by atoms with Gasteiger partial charge in [-0.2, -0.15) is 0 Å². The van der Waals surface area contributed by atoms with Crippen molar-refractivity contribution < 1.29 is 4.79 Å². The Balaban J connectivity index is 1.81. The minimum Gasteiger partial charge on any atom is -0.316 e. The summed E-state index contributed by atoms with van der Waals surface area (Å²) in [6.07, 6.45) is 1.87. The van der Waals surface area contributed by atoms with Gasteiger partial charge in [0.1, 0.15) is 0 Å². The molecule has 0 aromatic rings. The molecule has 68 valence electrons. The number of nitrogens with one attached hydrogen (secondary N) is 2. The minimum atomic E-state index is 0.252. The summed E-state index contributed by atoms with van der Waals surface area (Å²) in [5, 5.41) is 5.07. The quantitative estimate of drug-likeness (QED) is 0.576. The highest BCUT2D eigenvalue weighted by Crippen LogP contribution is 2.10. The molecule has 1 amide bonds. The van der Waals surface area contributed by atoms with Crippen LogP contribution in [0.25, 0.3) is 0 Å². The van der Waals surface area contributed by atoms with Crippen molar-refractivity contribution in [1.82, 2.24) is 15.8 Å². The number of carbonyl (C=O) groups is 1. The van der Waals surface area contributed by atoms with E-state index in [-0.39, 0.29) is 5.91 Å². The molecule has 1 atom stereocenters. The second kappa shape index (κ2) is 3.41. The van der Waals surface area contributed by atoms with E-state index in [1.807, 2.05) is 0 Å². The molecule has 2 N–H and O–H groups in total. The van der Waals surface area contributed by atoms with Gasteiger partial charge < -0.3 is 5.32 Å². The summed E-state index contributed by atoms with van der Waals surface area (Å²) in [5.41, 5.74) is 3.09. The largest absolute Gasteiger partial charge is 0.316 e. The van der Waals surface area contributed by atoms with E-state index in [2.05, 4.69) is 10.7 Å². The predicted molar refractivity (Wildman–Crippen MR) is 45.3 cm³/mol. The van der Waals surface area contributed by atoms with Gasteiger partial charge >= 0.3 is 0 Å². The first kappa shape index (κ1) is 8.01. The molecule has 0 aromatic carbocycles. The summed E-state index contributed by atoms with van der Waals surface area (Å²) in [5.74, 6) is 0.904. The van der Waals surface area contributed by atoms with Crippen LogP contribution in [-0.4, -0.2) is 37.1 Å². The maximum Gasteiger partial charge on any atom is 0.238 e. The van der Waals surface area contributed by atoms with Crippen molar-refractivity contribution in [2.24, 2.45) is 5.92 Å². The Hall–Kier alpha value is -0.610. The Bertz CT molecular complexity index is 177. The summed E-state index contributed by atoms with van der Waals surface area (Å²) >= 11 is 0. The Morgan fingerprint density at radius 1 is 1.50 bits per heavy atom. The first-order chi connectivity index (χ1) is 5.86. The fourth-order valence-electron chi connectivity index (χ4n) is 1.82. The highest BCUT2D eigenvalue weighted by Gasteiger charge is 2.24. The molecule has 0 aromatic heterocycles. The summed E-state index contributed by atoms with van der Waals surface area (Å²) in [6, 6.07) is 0. The molecule has 0 spiro atoms. The molecule has 0 saturated carbocycles. The molecule has 0 radical (unpaired) electrons. The number of rotatable bonds is 2. The topological polar surface area (TPSA) is 44.4 Å². The van der Waals surface area contributed by atoms with Crippen LogP contribution in [0.15, 0.2) is 0 Å². The van der Waals surface area contributed by atoms with Crippen molar-refractivity contribution >= 4 is 5.91 Å². The number of amides is 1. The molecule has 1 unspecified atom stereocenters. The number of hydrazine groups is 1. The van der Waals surface area contributed by atoms with Gasteiger partial charge in [0, 0.05) is 19.5 Å². The summed E-state index contributed by atoms with van der Waals surface area (Å²) in [4.78, 5) is 11.2. The lowest BCUT2D eigenvalue weighted by molar-refractivity contribution is -0.130. The van der Waals surface area contributed by atoms with Crippen LogP contribution in [0.1, 0.15) is 12.8 Å². The van der Waals surface area contributed by atoms with Gasteiger partial charge in [0.25, 0.3) is 0 Å². The van der Waals surface area contributed by atoms with Crippen molar-refractivity contribution in [2.75, 3.05) is 26.2 Å². The van der Waals surface area contributed by atoms with Gasteiger partial charge in [-0.1, -0.05) is 0 Å². The van der Waals surface area contributed by atoms with Crippen LogP contribution >= 0.6 is 0 Å². The van der Waals surface area contributed by atoms with E-state index in [9.17, 15) is 4.79 Å². The minimum absolute atomic E-state index is 0.252. The Labute approximate surface area is 72.3 Å². The number of hydrogen-bond donors (Lipinski definition) is 2. The van der Waals surface area contributed by atoms with Crippen LogP contribution in [0.5, 0.6) is 0 Å². The second-order valence-corrected chi connectivity index (χ2v) is 3.52. The van der Waals surface area contributed by atoms with Crippen LogP contribution in [-0.2, 0) is 4.79 Å². The van der Waals surface area contributed by atoms with Crippen LogP contribution in [0.2, 0.25) is 0 Å². The first-order valence-electron chi connectivity index (χ1n) is 4.61. The number of carbonyl (C=O) groups excluding carboxylic acids is 1. The van der Waals surface area contributed by atoms with Crippen molar-refractivity contribution in [1.29, 1.82) is 0 Å². The van der Waals surface area contributed by atoms with Gasteiger partial charge in [0.2, 0.25) is 5.91 Å². The second-order valence-electron chi connectivity index (χ2n) is 3.52. The predicted octanol–water partition coefficient (Wildman–Crippen LogP) is -0.667. The van der Waals surface area contributed by atoms with Gasteiger partial charge in [-0.15, -0.1) is 0 Å². The van der Waals surface area contributed by atoms with Crippen molar-refractivity contribution in [2.45, 2.75) is 12.8 Å². The molecule has 2 rings (SSSR count). The smallest absolute Gasteiger partial charge is 0.238 e. The summed E-state index contributed by atoms with van der Waals surface area (Å²) < 4.78 is 0. The fraction of sp³-hybridized carbons (Fsp3) is 0.875. The lowest BCUT2D eigenvalue weighted by Gasteiger charge is -2.19. The summed E-state index contributed by atoms with van der Waals surface area (Å²) in [7, 11) is 0. The SMILES string of the molecule is O=C1CCNN1CC1CCNC1. The average molecular weight is 169 g/mol. The molecular weight excluding hydrogens is 154 g/mol. The maximum atomic E-state index is 11.2. The monoisotopic (exact) mass is 169 g/mol. The fourth-order valence-corrected chi connectivity index (χ4v) is 1.82. The van der Waals surface area contributed by atoms with Gasteiger partial charge in [-0.3, -0.25) is 9.80 Å².